The largest absolute Gasteiger partial charge is 0.319 e. The summed E-state index contributed by atoms with van der Waals surface area (Å²) >= 11 is 0. The zero-order valence-corrected chi connectivity index (χ0v) is 18.8. The molecular weight excluding hydrogens is 412 g/mol. The number of amides is 1. The van der Waals surface area contributed by atoms with Crippen LogP contribution in [0.4, 0.5) is 5.69 Å². The maximum absolute atomic E-state index is 13.3. The van der Waals surface area contributed by atoms with Gasteiger partial charge in [-0.1, -0.05) is 48.0 Å². The Morgan fingerprint density at radius 2 is 1.85 bits per heavy atom. The summed E-state index contributed by atoms with van der Waals surface area (Å²) in [6.07, 6.45) is 5.29. The summed E-state index contributed by atoms with van der Waals surface area (Å²) in [7, 11) is 1.89. The SMILES string of the molecule is Cc1cccc(Cn2cc(NC(=O)c3cc(-c4cnn(C)c4C)nc4ccccc34)cn2)c1. The molecule has 0 saturated heterocycles. The van der Waals surface area contributed by atoms with E-state index < -0.39 is 0 Å². The van der Waals surface area contributed by atoms with Crippen LogP contribution in [0.5, 0.6) is 0 Å². The molecule has 33 heavy (non-hydrogen) atoms. The topological polar surface area (TPSA) is 77.6 Å². The van der Waals surface area contributed by atoms with Gasteiger partial charge in [-0.15, -0.1) is 0 Å². The van der Waals surface area contributed by atoms with E-state index in [1.807, 2.05) is 61.2 Å². The maximum atomic E-state index is 13.3. The quantitative estimate of drug-likeness (QED) is 0.431. The zero-order valence-electron chi connectivity index (χ0n) is 18.8. The molecule has 1 amide bonds. The van der Waals surface area contributed by atoms with Gasteiger partial charge in [0.25, 0.3) is 5.91 Å². The van der Waals surface area contributed by atoms with Crippen molar-refractivity contribution in [2.45, 2.75) is 20.4 Å². The van der Waals surface area contributed by atoms with Crippen molar-refractivity contribution < 1.29 is 4.79 Å². The highest BCUT2D eigenvalue weighted by Crippen LogP contribution is 2.27. The van der Waals surface area contributed by atoms with E-state index in [1.54, 1.807) is 17.1 Å². The number of benzene rings is 2. The number of anilines is 1. The first-order valence-corrected chi connectivity index (χ1v) is 10.8. The second-order valence-electron chi connectivity index (χ2n) is 8.21. The minimum Gasteiger partial charge on any atom is -0.319 e. The minimum absolute atomic E-state index is 0.202. The minimum atomic E-state index is -0.202. The van der Waals surface area contributed by atoms with Crippen LogP contribution in [0, 0.1) is 13.8 Å². The van der Waals surface area contributed by atoms with Crippen LogP contribution in [0.1, 0.15) is 27.2 Å². The van der Waals surface area contributed by atoms with Gasteiger partial charge in [0, 0.05) is 29.9 Å². The molecule has 0 bridgehead atoms. The van der Waals surface area contributed by atoms with Crippen LogP contribution in [0.15, 0.2) is 73.2 Å². The third-order valence-electron chi connectivity index (χ3n) is 5.79. The van der Waals surface area contributed by atoms with Gasteiger partial charge in [-0.25, -0.2) is 4.98 Å². The molecular formula is C26H24N6O. The fourth-order valence-corrected chi connectivity index (χ4v) is 3.96. The molecule has 164 valence electrons. The molecule has 0 saturated carbocycles. The Bertz CT molecular complexity index is 1480. The molecule has 2 aromatic carbocycles. The van der Waals surface area contributed by atoms with Gasteiger partial charge in [-0.05, 0) is 31.5 Å². The molecule has 0 unspecified atom stereocenters. The molecule has 7 nitrogen and oxygen atoms in total. The summed E-state index contributed by atoms with van der Waals surface area (Å²) in [5.74, 6) is -0.202. The average molecular weight is 437 g/mol. The predicted octanol–water partition coefficient (Wildman–Crippen LogP) is 4.75. The second-order valence-corrected chi connectivity index (χ2v) is 8.21. The molecule has 3 heterocycles. The second kappa shape index (κ2) is 8.35. The maximum Gasteiger partial charge on any atom is 0.256 e. The van der Waals surface area contributed by atoms with Gasteiger partial charge in [0.2, 0.25) is 0 Å². The lowest BCUT2D eigenvalue weighted by molar-refractivity contribution is 0.102. The van der Waals surface area contributed by atoms with E-state index in [2.05, 4.69) is 40.6 Å². The summed E-state index contributed by atoms with van der Waals surface area (Å²) in [6.45, 7) is 4.69. The molecule has 0 fully saturated rings. The smallest absolute Gasteiger partial charge is 0.256 e. The van der Waals surface area contributed by atoms with Gasteiger partial charge in [0.05, 0.1) is 41.4 Å². The molecule has 0 aliphatic rings. The van der Waals surface area contributed by atoms with Crippen LogP contribution in [-0.2, 0) is 13.6 Å². The van der Waals surface area contributed by atoms with Crippen LogP contribution in [0.25, 0.3) is 22.2 Å². The number of carbonyl (C=O) groups is 1. The summed E-state index contributed by atoms with van der Waals surface area (Å²) < 4.78 is 3.62. The number of nitrogens with zero attached hydrogens (tertiary/aromatic N) is 5. The van der Waals surface area contributed by atoms with Crippen molar-refractivity contribution in [1.82, 2.24) is 24.5 Å². The number of para-hydroxylation sites is 1. The van der Waals surface area contributed by atoms with Gasteiger partial charge in [0.1, 0.15) is 0 Å². The summed E-state index contributed by atoms with van der Waals surface area (Å²) in [6, 6.07) is 17.8. The number of hydrogen-bond acceptors (Lipinski definition) is 4. The molecule has 0 spiro atoms. The van der Waals surface area contributed by atoms with Gasteiger partial charge >= 0.3 is 0 Å². The Morgan fingerprint density at radius 1 is 1.00 bits per heavy atom. The van der Waals surface area contributed by atoms with Gasteiger partial charge < -0.3 is 5.32 Å². The summed E-state index contributed by atoms with van der Waals surface area (Å²) in [5, 5.41) is 12.5. The first-order valence-electron chi connectivity index (χ1n) is 10.8. The predicted molar refractivity (Wildman–Crippen MR) is 129 cm³/mol. The Balaban J connectivity index is 1.45. The lowest BCUT2D eigenvalue weighted by Gasteiger charge is -2.10. The fourth-order valence-electron chi connectivity index (χ4n) is 3.96. The van der Waals surface area contributed by atoms with E-state index >= 15 is 0 Å². The van der Waals surface area contributed by atoms with E-state index in [-0.39, 0.29) is 5.91 Å². The lowest BCUT2D eigenvalue weighted by Crippen LogP contribution is -2.13. The Morgan fingerprint density at radius 3 is 2.64 bits per heavy atom. The van der Waals surface area contributed by atoms with E-state index in [0.717, 1.165) is 33.4 Å². The number of rotatable bonds is 5. The van der Waals surface area contributed by atoms with Crippen molar-refractivity contribution in [1.29, 1.82) is 0 Å². The lowest BCUT2D eigenvalue weighted by atomic mass is 10.0. The molecule has 0 radical (unpaired) electrons. The first-order chi connectivity index (χ1) is 16.0. The number of carbonyl (C=O) groups excluding carboxylic acids is 1. The molecule has 5 rings (SSSR count). The zero-order chi connectivity index (χ0) is 22.9. The highest BCUT2D eigenvalue weighted by molar-refractivity contribution is 6.13. The van der Waals surface area contributed by atoms with Crippen molar-refractivity contribution in [2.75, 3.05) is 5.32 Å². The van der Waals surface area contributed by atoms with Gasteiger partial charge in [0.15, 0.2) is 0 Å². The molecule has 1 N–H and O–H groups in total. The Hall–Kier alpha value is -4.26. The van der Waals surface area contributed by atoms with Crippen LogP contribution in [-0.4, -0.2) is 30.5 Å². The fraction of sp³-hybridized carbons (Fsp3) is 0.154. The van der Waals surface area contributed by atoms with Crippen molar-refractivity contribution in [2.24, 2.45) is 7.05 Å². The standard InChI is InChI=1S/C26H24N6O/c1-17-7-6-8-19(11-17)15-32-16-20(13-28-32)29-26(33)22-12-25(23-14-27-31(3)18(23)2)30-24-10-5-4-9-21(22)24/h4-14,16H,15H2,1-3H3,(H,29,33). The van der Waals surface area contributed by atoms with Gasteiger partial charge in [-0.3, -0.25) is 14.2 Å². The monoisotopic (exact) mass is 436 g/mol. The van der Waals surface area contributed by atoms with Crippen LogP contribution in [0.3, 0.4) is 0 Å². The molecule has 7 heteroatoms. The number of hydrogen-bond donors (Lipinski definition) is 1. The highest BCUT2D eigenvalue weighted by Gasteiger charge is 2.17. The van der Waals surface area contributed by atoms with Crippen LogP contribution < -0.4 is 5.32 Å². The average Bonchev–Trinajstić information content (AvgIpc) is 3.38. The molecule has 3 aromatic heterocycles. The highest BCUT2D eigenvalue weighted by atomic mass is 16.1. The number of aromatic nitrogens is 5. The third-order valence-corrected chi connectivity index (χ3v) is 5.79. The number of fused-ring (bicyclic) bond motifs is 1. The first kappa shape index (κ1) is 20.6. The van der Waals surface area contributed by atoms with E-state index in [4.69, 9.17) is 4.98 Å². The summed E-state index contributed by atoms with van der Waals surface area (Å²) in [4.78, 5) is 18.1. The summed E-state index contributed by atoms with van der Waals surface area (Å²) in [5.41, 5.74) is 6.95. The molecule has 5 aromatic rings. The normalized spacial score (nSPS) is 11.1. The van der Waals surface area contributed by atoms with E-state index in [1.165, 1.54) is 5.56 Å². The van der Waals surface area contributed by atoms with Crippen molar-refractivity contribution in [3.8, 4) is 11.3 Å². The van der Waals surface area contributed by atoms with Crippen molar-refractivity contribution in [3.05, 3.63) is 95.6 Å². The van der Waals surface area contributed by atoms with Crippen LogP contribution >= 0.6 is 0 Å². The van der Waals surface area contributed by atoms with Crippen molar-refractivity contribution >= 4 is 22.5 Å². The number of nitrogens with one attached hydrogen (secondary N) is 1. The third kappa shape index (κ3) is 4.13. The van der Waals surface area contributed by atoms with E-state index in [9.17, 15) is 4.79 Å². The van der Waals surface area contributed by atoms with Gasteiger partial charge in [-0.2, -0.15) is 10.2 Å². The number of pyridine rings is 1. The Labute approximate surface area is 191 Å². The molecule has 0 atom stereocenters. The van der Waals surface area contributed by atoms with Crippen molar-refractivity contribution in [3.63, 3.8) is 0 Å². The number of aryl methyl sites for hydroxylation is 2. The molecule has 0 aliphatic heterocycles. The Kier molecular flexibility index (Phi) is 5.22. The van der Waals surface area contributed by atoms with E-state index in [0.29, 0.717) is 17.8 Å². The molecule has 0 aliphatic carbocycles. The van der Waals surface area contributed by atoms with Crippen LogP contribution in [0.2, 0.25) is 0 Å².